The van der Waals surface area contributed by atoms with Crippen LogP contribution in [0.4, 0.5) is 5.69 Å². The first-order chi connectivity index (χ1) is 18.4. The van der Waals surface area contributed by atoms with Crippen LogP contribution in [0.2, 0.25) is 0 Å². The van der Waals surface area contributed by atoms with Crippen molar-refractivity contribution in [1.82, 2.24) is 14.1 Å². The highest BCUT2D eigenvalue weighted by molar-refractivity contribution is 7.89. The molecule has 0 radical (unpaired) electrons. The number of Topliss-reactive ketones (excluding diaryl/α,β-unsaturated/α-hetero) is 1. The molecule has 1 fully saturated rings. The van der Waals surface area contributed by atoms with Gasteiger partial charge in [0.25, 0.3) is 17.6 Å². The number of para-hydroxylation sites is 1. The number of ketones is 1. The fourth-order valence-corrected chi connectivity index (χ4v) is 6.26. The molecule has 0 saturated carbocycles. The van der Waals surface area contributed by atoms with Gasteiger partial charge in [-0.3, -0.25) is 14.4 Å². The zero-order valence-corrected chi connectivity index (χ0v) is 23.7. The largest absolute Gasteiger partial charge is 0.507 e. The first-order valence-electron chi connectivity index (χ1n) is 12.8. The number of fused-ring (bicyclic) bond motifs is 2. The van der Waals surface area contributed by atoms with Crippen molar-refractivity contribution in [2.24, 2.45) is 0 Å². The van der Waals surface area contributed by atoms with E-state index in [0.29, 0.717) is 37.2 Å². The number of sulfonamides is 1. The average Bonchev–Trinajstić information content (AvgIpc) is 3.27. The summed E-state index contributed by atoms with van der Waals surface area (Å²) in [4.78, 5) is 46.3. The van der Waals surface area contributed by atoms with Crippen LogP contribution in [0.3, 0.4) is 0 Å². The van der Waals surface area contributed by atoms with E-state index in [1.165, 1.54) is 43.3 Å². The maximum absolute atomic E-state index is 14.4. The van der Waals surface area contributed by atoms with Crippen molar-refractivity contribution < 1.29 is 27.9 Å². The number of likely N-dealkylation sites (tertiary alicyclic amines) is 1. The summed E-state index contributed by atoms with van der Waals surface area (Å²) in [6.45, 7) is 2.99. The zero-order valence-electron chi connectivity index (χ0n) is 22.8. The van der Waals surface area contributed by atoms with Crippen LogP contribution in [0.1, 0.15) is 30.9 Å². The molecule has 10 nitrogen and oxygen atoms in total. The molecule has 2 aliphatic rings. The number of nitrogens with zero attached hydrogens (tertiary/aromatic N) is 4. The molecule has 1 atom stereocenters. The van der Waals surface area contributed by atoms with E-state index in [1.54, 1.807) is 29.2 Å². The second-order valence-corrected chi connectivity index (χ2v) is 12.3. The highest BCUT2D eigenvalue weighted by atomic mass is 32.2. The van der Waals surface area contributed by atoms with E-state index in [0.717, 1.165) is 4.31 Å². The Morgan fingerprint density at radius 1 is 0.974 bits per heavy atom. The van der Waals surface area contributed by atoms with Gasteiger partial charge in [-0.15, -0.1) is 0 Å². The SMILES string of the molecule is CCCN1C(=O)[C@]2(C(=C(O)c3cccc(S(=O)(=O)N(C)C)c3)C(=O)C(=O)N2CCCN(C)C)c2ccccc21. The van der Waals surface area contributed by atoms with Crippen molar-refractivity contribution in [3.63, 3.8) is 0 Å². The molecule has 2 amide bonds. The third-order valence-electron chi connectivity index (χ3n) is 7.13. The summed E-state index contributed by atoms with van der Waals surface area (Å²) in [5.41, 5.74) is -1.20. The van der Waals surface area contributed by atoms with Gasteiger partial charge in [-0.1, -0.05) is 37.3 Å². The maximum Gasteiger partial charge on any atom is 0.296 e. The number of rotatable bonds is 9. The van der Waals surface area contributed by atoms with E-state index >= 15 is 0 Å². The number of hydrogen-bond acceptors (Lipinski definition) is 7. The molecule has 39 heavy (non-hydrogen) atoms. The van der Waals surface area contributed by atoms with Gasteiger partial charge in [0, 0.05) is 38.3 Å². The number of aliphatic hydroxyl groups excluding tert-OH is 1. The second-order valence-electron chi connectivity index (χ2n) is 10.2. The van der Waals surface area contributed by atoms with Gasteiger partial charge >= 0.3 is 0 Å². The van der Waals surface area contributed by atoms with Crippen LogP contribution in [-0.2, 0) is 29.9 Å². The number of anilines is 1. The number of carbonyl (C=O) groups excluding carboxylic acids is 3. The fourth-order valence-electron chi connectivity index (χ4n) is 5.32. The Morgan fingerprint density at radius 2 is 1.67 bits per heavy atom. The normalized spacial score (nSPS) is 20.6. The highest BCUT2D eigenvalue weighted by Crippen LogP contribution is 2.53. The summed E-state index contributed by atoms with van der Waals surface area (Å²) in [6, 6.07) is 12.5. The quantitative estimate of drug-likeness (QED) is 0.287. The lowest BCUT2D eigenvalue weighted by Crippen LogP contribution is -2.52. The number of carbonyl (C=O) groups is 3. The summed E-state index contributed by atoms with van der Waals surface area (Å²) < 4.78 is 26.6. The molecule has 2 aromatic rings. The minimum atomic E-state index is -3.86. The Labute approximate surface area is 229 Å². The van der Waals surface area contributed by atoms with E-state index in [1.807, 2.05) is 25.9 Å². The minimum Gasteiger partial charge on any atom is -0.507 e. The fraction of sp³-hybridized carbons (Fsp3) is 0.393. The Morgan fingerprint density at radius 3 is 2.31 bits per heavy atom. The first kappa shape index (κ1) is 28.5. The van der Waals surface area contributed by atoms with Crippen LogP contribution in [-0.4, -0.2) is 93.1 Å². The summed E-state index contributed by atoms with van der Waals surface area (Å²) in [5, 5.41) is 11.6. The lowest BCUT2D eigenvalue weighted by atomic mass is 9.82. The van der Waals surface area contributed by atoms with Crippen molar-refractivity contribution in [2.75, 3.05) is 52.7 Å². The Hall–Kier alpha value is -3.54. The molecule has 1 saturated heterocycles. The van der Waals surface area contributed by atoms with Gasteiger partial charge in [0.1, 0.15) is 5.76 Å². The van der Waals surface area contributed by atoms with Crippen LogP contribution < -0.4 is 4.90 Å². The Kier molecular flexibility index (Phi) is 7.70. The lowest BCUT2D eigenvalue weighted by Gasteiger charge is -2.34. The molecule has 0 aromatic heterocycles. The molecule has 2 heterocycles. The third-order valence-corrected chi connectivity index (χ3v) is 8.94. The van der Waals surface area contributed by atoms with Crippen LogP contribution in [0.15, 0.2) is 59.0 Å². The number of aliphatic hydroxyl groups is 1. The molecule has 1 spiro atoms. The van der Waals surface area contributed by atoms with E-state index in [9.17, 15) is 27.9 Å². The predicted octanol–water partition coefficient (Wildman–Crippen LogP) is 2.22. The molecule has 208 valence electrons. The van der Waals surface area contributed by atoms with Gasteiger partial charge in [0.2, 0.25) is 10.0 Å². The van der Waals surface area contributed by atoms with Crippen molar-refractivity contribution in [1.29, 1.82) is 0 Å². The van der Waals surface area contributed by atoms with Crippen molar-refractivity contribution >= 4 is 39.1 Å². The molecule has 1 N–H and O–H groups in total. The average molecular weight is 555 g/mol. The van der Waals surface area contributed by atoms with Crippen molar-refractivity contribution in [3.8, 4) is 0 Å². The molecular weight excluding hydrogens is 520 g/mol. The second kappa shape index (κ2) is 10.6. The molecule has 0 bridgehead atoms. The van der Waals surface area contributed by atoms with Gasteiger partial charge in [0.05, 0.1) is 16.2 Å². The summed E-state index contributed by atoms with van der Waals surface area (Å²) in [6.07, 6.45) is 1.12. The molecule has 2 aromatic carbocycles. The Balaban J connectivity index is 2.01. The molecule has 4 rings (SSSR count). The summed E-state index contributed by atoms with van der Waals surface area (Å²) in [7, 11) is 2.69. The van der Waals surface area contributed by atoms with Gasteiger partial charge in [-0.2, -0.15) is 0 Å². The monoisotopic (exact) mass is 554 g/mol. The minimum absolute atomic E-state index is 0.0165. The topological polar surface area (TPSA) is 119 Å². The van der Waals surface area contributed by atoms with E-state index < -0.39 is 38.9 Å². The van der Waals surface area contributed by atoms with E-state index in [-0.39, 0.29) is 22.6 Å². The van der Waals surface area contributed by atoms with Gasteiger partial charge in [0.15, 0.2) is 5.54 Å². The molecule has 0 aliphatic carbocycles. The van der Waals surface area contributed by atoms with Gasteiger partial charge in [-0.25, -0.2) is 12.7 Å². The molecule has 11 heteroatoms. The number of amides is 2. The zero-order chi connectivity index (χ0) is 28.7. The third kappa shape index (κ3) is 4.44. The van der Waals surface area contributed by atoms with Crippen LogP contribution >= 0.6 is 0 Å². The van der Waals surface area contributed by atoms with Gasteiger partial charge in [-0.05, 0) is 51.7 Å². The number of benzene rings is 2. The predicted molar refractivity (Wildman–Crippen MR) is 148 cm³/mol. The number of hydrogen-bond donors (Lipinski definition) is 1. The van der Waals surface area contributed by atoms with Crippen LogP contribution in [0, 0.1) is 0 Å². The Bertz CT molecular complexity index is 1470. The van der Waals surface area contributed by atoms with Crippen LogP contribution in [0.25, 0.3) is 5.76 Å². The van der Waals surface area contributed by atoms with Crippen molar-refractivity contribution in [2.45, 2.75) is 30.2 Å². The molecular formula is C28H34N4O6S. The molecule has 0 unspecified atom stereocenters. The van der Waals surface area contributed by atoms with E-state index in [4.69, 9.17) is 0 Å². The summed E-state index contributed by atoms with van der Waals surface area (Å²) in [5.74, 6) is -2.96. The smallest absolute Gasteiger partial charge is 0.296 e. The highest BCUT2D eigenvalue weighted by Gasteiger charge is 2.66. The van der Waals surface area contributed by atoms with E-state index in [2.05, 4.69) is 0 Å². The molecule has 2 aliphatic heterocycles. The lowest BCUT2D eigenvalue weighted by molar-refractivity contribution is -0.143. The van der Waals surface area contributed by atoms with Gasteiger partial charge < -0.3 is 19.8 Å². The summed E-state index contributed by atoms with van der Waals surface area (Å²) >= 11 is 0. The first-order valence-corrected chi connectivity index (χ1v) is 14.2. The van der Waals surface area contributed by atoms with Crippen molar-refractivity contribution in [3.05, 3.63) is 65.2 Å². The standard InChI is InChI=1S/C28H34N4O6S/c1-6-15-31-22-14-8-7-13-21(22)28(27(31)36)23(25(34)26(35)32(28)17-10-16-29(2)3)24(33)19-11-9-12-20(18-19)39(37,38)30(4)5/h7-9,11-14,18,33H,6,10,15-17H2,1-5H3/t28-/m1/s1. The maximum atomic E-state index is 14.4. The van der Waals surface area contributed by atoms with Crippen LogP contribution in [0.5, 0.6) is 0 Å².